The number of carbonyl (C=O) groups excluding carboxylic acids is 1. The van der Waals surface area contributed by atoms with E-state index in [2.05, 4.69) is 10.2 Å². The number of ether oxygens (including phenoxy) is 1. The summed E-state index contributed by atoms with van der Waals surface area (Å²) < 4.78 is 6.03. The summed E-state index contributed by atoms with van der Waals surface area (Å²) in [6, 6.07) is 13.6. The Kier molecular flexibility index (Phi) is 5.38. The lowest BCUT2D eigenvalue weighted by Gasteiger charge is -2.36. The molecule has 0 bridgehead atoms. The number of aliphatic hydroxyl groups is 1. The normalized spacial score (nSPS) is 22.0. The van der Waals surface area contributed by atoms with Gasteiger partial charge in [-0.15, -0.1) is 0 Å². The van der Waals surface area contributed by atoms with E-state index in [4.69, 9.17) is 4.74 Å². The average molecular weight is 380 g/mol. The van der Waals surface area contributed by atoms with Crippen molar-refractivity contribution in [1.82, 2.24) is 10.2 Å². The number of rotatable bonds is 4. The number of carbonyl (C=O) groups is 1. The van der Waals surface area contributed by atoms with Crippen LogP contribution in [-0.4, -0.2) is 47.7 Å². The highest BCUT2D eigenvalue weighted by Gasteiger charge is 2.34. The first-order valence-corrected chi connectivity index (χ1v) is 10.1. The number of likely N-dealkylation sites (tertiary alicyclic amines) is 1. The molecule has 2 heterocycles. The molecular weight excluding hydrogens is 352 g/mol. The molecule has 1 amide bonds. The van der Waals surface area contributed by atoms with Crippen molar-refractivity contribution in [3.05, 3.63) is 53.6 Å². The largest absolute Gasteiger partial charge is 0.491 e. The second-order valence-electron chi connectivity index (χ2n) is 8.03. The highest BCUT2D eigenvalue weighted by molar-refractivity contribution is 5.95. The number of amides is 1. The highest BCUT2D eigenvalue weighted by atomic mass is 16.5. The number of benzene rings is 2. The molecule has 5 nitrogen and oxygen atoms in total. The van der Waals surface area contributed by atoms with Crippen LogP contribution in [0.3, 0.4) is 0 Å². The minimum Gasteiger partial charge on any atom is -0.491 e. The van der Waals surface area contributed by atoms with Gasteiger partial charge in [-0.05, 0) is 69.1 Å². The van der Waals surface area contributed by atoms with Crippen LogP contribution in [0, 0.1) is 0 Å². The summed E-state index contributed by atoms with van der Waals surface area (Å²) in [6.07, 6.45) is 1.85. The third-order valence-electron chi connectivity index (χ3n) is 5.59. The number of nitrogens with zero attached hydrogens (tertiary/aromatic N) is 1. The minimum atomic E-state index is -0.529. The van der Waals surface area contributed by atoms with Gasteiger partial charge in [0.25, 0.3) is 5.91 Å². The molecule has 28 heavy (non-hydrogen) atoms. The van der Waals surface area contributed by atoms with Crippen LogP contribution in [0.25, 0.3) is 11.1 Å². The van der Waals surface area contributed by atoms with Crippen LogP contribution in [0.1, 0.15) is 48.7 Å². The fourth-order valence-corrected chi connectivity index (χ4v) is 4.12. The average Bonchev–Trinajstić information content (AvgIpc) is 3.22. The van der Waals surface area contributed by atoms with Gasteiger partial charge in [-0.25, -0.2) is 0 Å². The van der Waals surface area contributed by atoms with Crippen LogP contribution in [-0.2, 0) is 0 Å². The number of hydrogen-bond acceptors (Lipinski definition) is 4. The Labute approximate surface area is 166 Å². The van der Waals surface area contributed by atoms with Crippen molar-refractivity contribution >= 4 is 5.91 Å². The van der Waals surface area contributed by atoms with Gasteiger partial charge in [-0.1, -0.05) is 24.3 Å². The van der Waals surface area contributed by atoms with E-state index in [1.54, 1.807) is 0 Å². The van der Waals surface area contributed by atoms with Gasteiger partial charge in [0.15, 0.2) is 0 Å². The van der Waals surface area contributed by atoms with Crippen molar-refractivity contribution in [2.75, 3.05) is 19.7 Å². The Hall–Kier alpha value is -2.37. The second-order valence-corrected chi connectivity index (χ2v) is 8.03. The maximum atomic E-state index is 12.3. The Bertz CT molecular complexity index is 859. The molecule has 0 radical (unpaired) electrons. The van der Waals surface area contributed by atoms with E-state index in [-0.39, 0.29) is 18.0 Å². The van der Waals surface area contributed by atoms with Gasteiger partial charge in [-0.2, -0.15) is 0 Å². The second kappa shape index (κ2) is 7.94. The quantitative estimate of drug-likeness (QED) is 0.854. The molecule has 1 fully saturated rings. The van der Waals surface area contributed by atoms with Crippen LogP contribution in [0.5, 0.6) is 5.75 Å². The van der Waals surface area contributed by atoms with E-state index in [9.17, 15) is 9.90 Å². The SMILES string of the molecule is CC(C)NC(=O)c1cccc(-c2ccc3c(c2)OCC(N2CCCC2)C3O)c1. The molecule has 2 N–H and O–H groups in total. The summed E-state index contributed by atoms with van der Waals surface area (Å²) in [5, 5.41) is 13.8. The van der Waals surface area contributed by atoms with Crippen molar-refractivity contribution in [3.63, 3.8) is 0 Å². The fourth-order valence-electron chi connectivity index (χ4n) is 4.12. The Morgan fingerprint density at radius 3 is 2.64 bits per heavy atom. The summed E-state index contributed by atoms with van der Waals surface area (Å²) in [6.45, 7) is 6.47. The molecule has 2 aromatic rings. The number of nitrogens with one attached hydrogen (secondary N) is 1. The van der Waals surface area contributed by atoms with Crippen LogP contribution in [0.15, 0.2) is 42.5 Å². The first-order valence-electron chi connectivity index (χ1n) is 10.1. The number of fused-ring (bicyclic) bond motifs is 1. The van der Waals surface area contributed by atoms with E-state index < -0.39 is 6.10 Å². The summed E-state index contributed by atoms with van der Waals surface area (Å²) in [5.74, 6) is 0.660. The first kappa shape index (κ1) is 19.0. The maximum absolute atomic E-state index is 12.3. The molecule has 0 spiro atoms. The molecular formula is C23H28N2O3. The van der Waals surface area contributed by atoms with Crippen molar-refractivity contribution < 1.29 is 14.6 Å². The summed E-state index contributed by atoms with van der Waals surface area (Å²) >= 11 is 0. The zero-order valence-electron chi connectivity index (χ0n) is 16.5. The summed E-state index contributed by atoms with van der Waals surface area (Å²) in [5.41, 5.74) is 3.42. The van der Waals surface area contributed by atoms with Gasteiger partial charge in [0.2, 0.25) is 0 Å². The smallest absolute Gasteiger partial charge is 0.251 e. The van der Waals surface area contributed by atoms with Gasteiger partial charge in [-0.3, -0.25) is 9.69 Å². The van der Waals surface area contributed by atoms with Gasteiger partial charge in [0, 0.05) is 17.2 Å². The number of hydrogen-bond donors (Lipinski definition) is 2. The van der Waals surface area contributed by atoms with Crippen molar-refractivity contribution in [2.45, 2.75) is 44.9 Å². The predicted molar refractivity (Wildman–Crippen MR) is 110 cm³/mol. The van der Waals surface area contributed by atoms with Crippen molar-refractivity contribution in [3.8, 4) is 16.9 Å². The molecule has 148 valence electrons. The maximum Gasteiger partial charge on any atom is 0.251 e. The fraction of sp³-hybridized carbons (Fsp3) is 0.435. The lowest BCUT2D eigenvalue weighted by atomic mass is 9.94. The van der Waals surface area contributed by atoms with E-state index >= 15 is 0 Å². The lowest BCUT2D eigenvalue weighted by molar-refractivity contribution is 0.0140. The van der Waals surface area contributed by atoms with Gasteiger partial charge < -0.3 is 15.2 Å². The standard InChI is InChI=1S/C23H28N2O3/c1-15(2)24-23(27)18-7-5-6-16(12-18)17-8-9-19-21(13-17)28-14-20(22(19)26)25-10-3-4-11-25/h5-9,12-13,15,20,22,26H,3-4,10-11,14H2,1-2H3,(H,24,27). The first-order chi connectivity index (χ1) is 13.5. The third kappa shape index (κ3) is 3.77. The Morgan fingerprint density at radius 2 is 1.89 bits per heavy atom. The van der Waals surface area contributed by atoms with Gasteiger partial charge in [0.05, 0.1) is 6.04 Å². The molecule has 2 aliphatic heterocycles. The monoisotopic (exact) mass is 380 g/mol. The van der Waals surface area contributed by atoms with Crippen molar-refractivity contribution in [1.29, 1.82) is 0 Å². The highest BCUT2D eigenvalue weighted by Crippen LogP contribution is 2.38. The van der Waals surface area contributed by atoms with E-state index in [0.717, 1.165) is 35.5 Å². The molecule has 0 aromatic heterocycles. The molecule has 1 saturated heterocycles. The third-order valence-corrected chi connectivity index (χ3v) is 5.59. The van der Waals surface area contributed by atoms with Crippen LogP contribution >= 0.6 is 0 Å². The van der Waals surface area contributed by atoms with E-state index in [1.165, 1.54) is 12.8 Å². The van der Waals surface area contributed by atoms with E-state index in [0.29, 0.717) is 12.2 Å². The van der Waals surface area contributed by atoms with Gasteiger partial charge >= 0.3 is 0 Å². The molecule has 2 aliphatic rings. The summed E-state index contributed by atoms with van der Waals surface area (Å²) in [7, 11) is 0. The predicted octanol–water partition coefficient (Wildman–Crippen LogP) is 3.38. The van der Waals surface area contributed by atoms with Crippen LogP contribution in [0.4, 0.5) is 0 Å². The molecule has 0 saturated carbocycles. The Balaban J connectivity index is 1.57. The van der Waals surface area contributed by atoms with Crippen LogP contribution in [0.2, 0.25) is 0 Å². The molecule has 2 unspecified atom stereocenters. The molecule has 2 atom stereocenters. The molecule has 5 heteroatoms. The Morgan fingerprint density at radius 1 is 1.14 bits per heavy atom. The van der Waals surface area contributed by atoms with Crippen LogP contribution < -0.4 is 10.1 Å². The lowest BCUT2D eigenvalue weighted by Crippen LogP contribution is -2.44. The number of aliphatic hydroxyl groups excluding tert-OH is 1. The molecule has 2 aromatic carbocycles. The molecule has 4 rings (SSSR count). The van der Waals surface area contributed by atoms with E-state index in [1.807, 2.05) is 56.3 Å². The molecule has 0 aliphatic carbocycles. The van der Waals surface area contributed by atoms with Gasteiger partial charge in [0.1, 0.15) is 18.5 Å². The summed E-state index contributed by atoms with van der Waals surface area (Å²) in [4.78, 5) is 14.6. The topological polar surface area (TPSA) is 61.8 Å². The minimum absolute atomic E-state index is 0.0314. The van der Waals surface area contributed by atoms with Crippen molar-refractivity contribution in [2.24, 2.45) is 0 Å². The zero-order valence-corrected chi connectivity index (χ0v) is 16.5. The zero-order chi connectivity index (χ0) is 19.7.